The summed E-state index contributed by atoms with van der Waals surface area (Å²) in [5.41, 5.74) is 0. The number of hydrogen-bond acceptors (Lipinski definition) is 2. The Morgan fingerprint density at radius 2 is 2.06 bits per heavy atom. The highest BCUT2D eigenvalue weighted by Crippen LogP contribution is 2.21. The first kappa shape index (κ1) is 17.0. The minimum absolute atomic E-state index is 0. The first-order valence-electron chi connectivity index (χ1n) is 5.45. The van der Waals surface area contributed by atoms with Crippen molar-refractivity contribution in [2.24, 2.45) is 4.99 Å². The summed E-state index contributed by atoms with van der Waals surface area (Å²) >= 11 is 7.49. The molecule has 0 saturated heterocycles. The Balaban J connectivity index is 0.00000256. The summed E-state index contributed by atoms with van der Waals surface area (Å²) in [6.07, 6.45) is 2.07. The molecule has 3 nitrogen and oxygen atoms in total. The molecule has 1 aromatic heterocycles. The fraction of sp³-hybridized carbons (Fsp3) is 0.545. The van der Waals surface area contributed by atoms with E-state index in [0.29, 0.717) is 0 Å². The normalized spacial score (nSPS) is 10.9. The Morgan fingerprint density at radius 3 is 2.59 bits per heavy atom. The van der Waals surface area contributed by atoms with Gasteiger partial charge < -0.3 is 10.6 Å². The molecular weight excluding hydrogens is 369 g/mol. The Hall–Kier alpha value is -0.0100. The molecule has 98 valence electrons. The van der Waals surface area contributed by atoms with Crippen molar-refractivity contribution in [2.45, 2.75) is 19.8 Å². The van der Waals surface area contributed by atoms with Gasteiger partial charge in [-0.25, -0.2) is 0 Å². The van der Waals surface area contributed by atoms with Gasteiger partial charge in [-0.3, -0.25) is 4.99 Å². The predicted octanol–water partition coefficient (Wildman–Crippen LogP) is 3.14. The minimum Gasteiger partial charge on any atom is -0.356 e. The molecule has 2 N–H and O–H groups in total. The molecule has 0 spiro atoms. The van der Waals surface area contributed by atoms with Gasteiger partial charge in [0.15, 0.2) is 5.96 Å². The van der Waals surface area contributed by atoms with Crippen LogP contribution in [0, 0.1) is 0 Å². The number of aliphatic imine (C=N–C) groups is 1. The molecule has 0 radical (unpaired) electrons. The maximum absolute atomic E-state index is 5.86. The number of nitrogens with one attached hydrogen (secondary N) is 2. The lowest BCUT2D eigenvalue weighted by molar-refractivity contribution is 0.776. The first-order chi connectivity index (χ1) is 7.76. The lowest BCUT2D eigenvalue weighted by Gasteiger charge is -2.10. The van der Waals surface area contributed by atoms with Crippen LogP contribution in [0.3, 0.4) is 0 Å². The molecular formula is C11H19ClIN3S. The van der Waals surface area contributed by atoms with E-state index < -0.39 is 0 Å². The fourth-order valence-electron chi connectivity index (χ4n) is 1.25. The highest BCUT2D eigenvalue weighted by molar-refractivity contribution is 14.0. The second-order valence-electron chi connectivity index (χ2n) is 3.38. The third-order valence-corrected chi connectivity index (χ3v) is 3.35. The molecule has 1 aromatic rings. The number of hydrogen-bond donors (Lipinski definition) is 2. The van der Waals surface area contributed by atoms with Crippen LogP contribution in [0.5, 0.6) is 0 Å². The van der Waals surface area contributed by atoms with E-state index in [1.54, 1.807) is 18.4 Å². The van der Waals surface area contributed by atoms with Crippen LogP contribution in [0.2, 0.25) is 4.34 Å². The smallest absolute Gasteiger partial charge is 0.190 e. The maximum atomic E-state index is 5.86. The summed E-state index contributed by atoms with van der Waals surface area (Å²) < 4.78 is 0.850. The van der Waals surface area contributed by atoms with Crippen LogP contribution in [-0.4, -0.2) is 26.1 Å². The van der Waals surface area contributed by atoms with Crippen molar-refractivity contribution in [1.82, 2.24) is 10.6 Å². The number of guanidine groups is 1. The molecule has 0 amide bonds. The average Bonchev–Trinajstić information content (AvgIpc) is 2.69. The zero-order valence-corrected chi connectivity index (χ0v) is 14.0. The molecule has 0 bridgehead atoms. The van der Waals surface area contributed by atoms with E-state index in [-0.39, 0.29) is 24.0 Å². The topological polar surface area (TPSA) is 36.4 Å². The lowest BCUT2D eigenvalue weighted by atomic mass is 10.3. The van der Waals surface area contributed by atoms with Gasteiger partial charge in [0.2, 0.25) is 0 Å². The van der Waals surface area contributed by atoms with Gasteiger partial charge in [-0.2, -0.15) is 0 Å². The number of rotatable bonds is 5. The van der Waals surface area contributed by atoms with Crippen LogP contribution in [0.4, 0.5) is 0 Å². The molecule has 0 fully saturated rings. The largest absolute Gasteiger partial charge is 0.356 e. The summed E-state index contributed by atoms with van der Waals surface area (Å²) in [6, 6.07) is 4.00. The van der Waals surface area contributed by atoms with Crippen LogP contribution >= 0.6 is 46.9 Å². The second kappa shape index (κ2) is 9.96. The molecule has 0 aliphatic heterocycles. The molecule has 0 aromatic carbocycles. The molecule has 17 heavy (non-hydrogen) atoms. The van der Waals surface area contributed by atoms with Crippen LogP contribution in [0.25, 0.3) is 0 Å². The zero-order valence-electron chi connectivity index (χ0n) is 10.1. The van der Waals surface area contributed by atoms with Crippen molar-refractivity contribution in [2.75, 3.05) is 20.1 Å². The summed E-state index contributed by atoms with van der Waals surface area (Å²) in [6.45, 7) is 3.96. The van der Waals surface area contributed by atoms with Crippen molar-refractivity contribution < 1.29 is 0 Å². The van der Waals surface area contributed by atoms with Gasteiger partial charge in [0.25, 0.3) is 0 Å². The molecule has 0 aliphatic rings. The van der Waals surface area contributed by atoms with E-state index >= 15 is 0 Å². The number of thiophene rings is 1. The van der Waals surface area contributed by atoms with Crippen LogP contribution in [0.1, 0.15) is 18.2 Å². The highest BCUT2D eigenvalue weighted by Gasteiger charge is 1.99. The molecule has 0 atom stereocenters. The van der Waals surface area contributed by atoms with Crippen LogP contribution in [0.15, 0.2) is 17.1 Å². The Kier molecular flexibility index (Phi) is 9.96. The van der Waals surface area contributed by atoms with Crippen molar-refractivity contribution in [3.05, 3.63) is 21.3 Å². The minimum atomic E-state index is 0. The molecule has 6 heteroatoms. The fourth-order valence-corrected chi connectivity index (χ4v) is 2.34. The summed E-state index contributed by atoms with van der Waals surface area (Å²) in [5.74, 6) is 0.865. The zero-order chi connectivity index (χ0) is 11.8. The van der Waals surface area contributed by atoms with E-state index in [1.165, 1.54) is 4.88 Å². The maximum Gasteiger partial charge on any atom is 0.190 e. The van der Waals surface area contributed by atoms with Crippen molar-refractivity contribution in [3.8, 4) is 0 Å². The van der Waals surface area contributed by atoms with E-state index in [1.807, 2.05) is 6.07 Å². The number of halogens is 2. The van der Waals surface area contributed by atoms with Crippen LogP contribution in [-0.2, 0) is 6.42 Å². The van der Waals surface area contributed by atoms with Crippen LogP contribution < -0.4 is 10.6 Å². The molecule has 1 heterocycles. The van der Waals surface area contributed by atoms with Gasteiger partial charge in [-0.05, 0) is 25.0 Å². The summed E-state index contributed by atoms with van der Waals surface area (Å²) in [5, 5.41) is 6.49. The third-order valence-electron chi connectivity index (χ3n) is 2.06. The SMILES string of the molecule is CCCNC(=NC)NCCc1ccc(Cl)s1.I. The first-order valence-corrected chi connectivity index (χ1v) is 6.64. The van der Waals surface area contributed by atoms with Gasteiger partial charge in [-0.15, -0.1) is 35.3 Å². The monoisotopic (exact) mass is 387 g/mol. The predicted molar refractivity (Wildman–Crippen MR) is 88.1 cm³/mol. The van der Waals surface area contributed by atoms with Crippen molar-refractivity contribution in [3.63, 3.8) is 0 Å². The average molecular weight is 388 g/mol. The van der Waals surface area contributed by atoms with Gasteiger partial charge in [-0.1, -0.05) is 18.5 Å². The van der Waals surface area contributed by atoms with E-state index in [4.69, 9.17) is 11.6 Å². The highest BCUT2D eigenvalue weighted by atomic mass is 127. The molecule has 0 aliphatic carbocycles. The van der Waals surface area contributed by atoms with Gasteiger partial charge in [0, 0.05) is 25.0 Å². The lowest BCUT2D eigenvalue weighted by Crippen LogP contribution is -2.38. The van der Waals surface area contributed by atoms with Gasteiger partial charge in [0.1, 0.15) is 0 Å². The molecule has 0 unspecified atom stereocenters. The second-order valence-corrected chi connectivity index (χ2v) is 5.18. The standard InChI is InChI=1S/C11H18ClN3S.HI/c1-3-7-14-11(13-2)15-8-6-9-4-5-10(12)16-9;/h4-5H,3,6-8H2,1-2H3,(H2,13,14,15);1H. The van der Waals surface area contributed by atoms with Crippen molar-refractivity contribution >= 4 is 52.9 Å². The quantitative estimate of drug-likeness (QED) is 0.463. The number of nitrogens with zero attached hydrogens (tertiary/aromatic N) is 1. The van der Waals surface area contributed by atoms with Gasteiger partial charge >= 0.3 is 0 Å². The van der Waals surface area contributed by atoms with Crippen molar-refractivity contribution in [1.29, 1.82) is 0 Å². The van der Waals surface area contributed by atoms with E-state index in [9.17, 15) is 0 Å². The Morgan fingerprint density at radius 1 is 1.35 bits per heavy atom. The van der Waals surface area contributed by atoms with E-state index in [0.717, 1.165) is 36.2 Å². The van der Waals surface area contributed by atoms with Gasteiger partial charge in [0.05, 0.1) is 4.34 Å². The summed E-state index contributed by atoms with van der Waals surface area (Å²) in [7, 11) is 1.78. The summed E-state index contributed by atoms with van der Waals surface area (Å²) in [4.78, 5) is 5.43. The van der Waals surface area contributed by atoms with E-state index in [2.05, 4.69) is 28.6 Å². The Labute approximate surface area is 129 Å². The molecule has 1 rings (SSSR count). The third kappa shape index (κ3) is 7.10. The Bertz CT molecular complexity index is 341. The molecule has 0 saturated carbocycles.